The number of carbonyl (C=O) groups is 2. The molecule has 1 amide bonds. The third kappa shape index (κ3) is 7.02. The van der Waals surface area contributed by atoms with Gasteiger partial charge in [-0.3, -0.25) is 9.80 Å². The smallest absolute Gasteiger partial charge is 0.345 e. The van der Waals surface area contributed by atoms with Crippen molar-refractivity contribution in [2.45, 2.75) is 25.4 Å². The number of carbonyl (C=O) groups excluding carboxylic acids is 1. The molecule has 0 unspecified atom stereocenters. The minimum atomic E-state index is -0.944. The van der Waals surface area contributed by atoms with Crippen LogP contribution in [0.25, 0.3) is 0 Å². The number of benzene rings is 1. The van der Waals surface area contributed by atoms with E-state index < -0.39 is 12.1 Å². The first-order chi connectivity index (χ1) is 17.0. The molecule has 0 spiro atoms. The summed E-state index contributed by atoms with van der Waals surface area (Å²) in [6.45, 7) is 0.915. The average molecular weight is 509 g/mol. The predicted octanol–water partition coefficient (Wildman–Crippen LogP) is 4.83. The van der Waals surface area contributed by atoms with Gasteiger partial charge in [0, 0.05) is 36.2 Å². The Balaban J connectivity index is 1.31. The van der Waals surface area contributed by atoms with E-state index in [1.54, 1.807) is 41.1 Å². The van der Waals surface area contributed by atoms with Gasteiger partial charge in [0.1, 0.15) is 11.1 Å². The van der Waals surface area contributed by atoms with Crippen molar-refractivity contribution in [1.29, 1.82) is 0 Å². The van der Waals surface area contributed by atoms with E-state index in [2.05, 4.69) is 11.8 Å². The Labute approximate surface area is 211 Å². The fourth-order valence-corrected chi connectivity index (χ4v) is 5.05. The maximum absolute atomic E-state index is 12.5. The number of thioether (sulfide) groups is 1. The summed E-state index contributed by atoms with van der Waals surface area (Å²) in [6.07, 6.45) is 5.95. The third-order valence-corrected chi connectivity index (χ3v) is 7.13. The van der Waals surface area contributed by atoms with Crippen LogP contribution in [0.3, 0.4) is 0 Å². The number of carboxylic acid groups (broad SMARTS) is 1. The fourth-order valence-electron chi connectivity index (χ4n) is 3.57. The number of thiophene rings is 1. The molecule has 2 aromatic heterocycles. The zero-order chi connectivity index (χ0) is 24.6. The van der Waals surface area contributed by atoms with Gasteiger partial charge in [-0.2, -0.15) is 0 Å². The first-order valence-electron chi connectivity index (χ1n) is 11.0. The summed E-state index contributed by atoms with van der Waals surface area (Å²) in [5.74, 6) is 5.20. The quantitative estimate of drug-likeness (QED) is 0.400. The molecule has 0 saturated carbocycles. The van der Waals surface area contributed by atoms with Crippen LogP contribution in [0, 0.1) is 11.8 Å². The molecule has 3 heterocycles. The lowest BCUT2D eigenvalue weighted by atomic mass is 10.0. The van der Waals surface area contributed by atoms with Gasteiger partial charge in [0.05, 0.1) is 17.9 Å². The largest absolute Gasteiger partial charge is 0.477 e. The van der Waals surface area contributed by atoms with Crippen LogP contribution in [-0.4, -0.2) is 50.6 Å². The number of hydrazine groups is 1. The van der Waals surface area contributed by atoms with Crippen molar-refractivity contribution in [1.82, 2.24) is 10.0 Å². The van der Waals surface area contributed by atoms with Gasteiger partial charge < -0.3 is 14.6 Å². The highest BCUT2D eigenvalue weighted by atomic mass is 32.2. The summed E-state index contributed by atoms with van der Waals surface area (Å²) in [7, 11) is 0. The van der Waals surface area contributed by atoms with Crippen molar-refractivity contribution in [3.8, 4) is 11.8 Å². The molecule has 0 aliphatic carbocycles. The van der Waals surface area contributed by atoms with Crippen LogP contribution in [0.5, 0.6) is 0 Å². The van der Waals surface area contributed by atoms with Crippen molar-refractivity contribution in [2.75, 3.05) is 13.1 Å². The Bertz CT molecular complexity index is 1260. The molecule has 1 aromatic carbocycles. The van der Waals surface area contributed by atoms with Crippen LogP contribution in [0.4, 0.5) is 4.79 Å². The van der Waals surface area contributed by atoms with Crippen LogP contribution >= 0.6 is 23.1 Å². The number of rotatable bonds is 9. The van der Waals surface area contributed by atoms with Gasteiger partial charge in [0.15, 0.2) is 0 Å². The minimum Gasteiger partial charge on any atom is -0.477 e. The molecule has 1 atom stereocenters. The van der Waals surface area contributed by atoms with E-state index in [1.165, 1.54) is 11.3 Å². The monoisotopic (exact) mass is 508 g/mol. The van der Waals surface area contributed by atoms with Gasteiger partial charge in [-0.25, -0.2) is 9.80 Å². The summed E-state index contributed by atoms with van der Waals surface area (Å²) in [5, 5.41) is 24.9. The molecule has 9 heteroatoms. The van der Waals surface area contributed by atoms with E-state index in [0.29, 0.717) is 32.4 Å². The molecule has 0 radical (unpaired) electrons. The molecule has 0 fully saturated rings. The highest BCUT2D eigenvalue weighted by Gasteiger charge is 2.23. The van der Waals surface area contributed by atoms with E-state index in [0.717, 1.165) is 33.3 Å². The normalized spacial score (nSPS) is 14.0. The minimum absolute atomic E-state index is 0.0964. The second-order valence-corrected chi connectivity index (χ2v) is 9.91. The molecule has 35 heavy (non-hydrogen) atoms. The van der Waals surface area contributed by atoms with Crippen LogP contribution in [0.2, 0.25) is 0 Å². The van der Waals surface area contributed by atoms with E-state index in [9.17, 15) is 14.7 Å². The Morgan fingerprint density at radius 1 is 1.11 bits per heavy atom. The van der Waals surface area contributed by atoms with Crippen LogP contribution in [0.1, 0.15) is 37.7 Å². The van der Waals surface area contributed by atoms with Crippen LogP contribution in [0.15, 0.2) is 71.0 Å². The highest BCUT2D eigenvalue weighted by Crippen LogP contribution is 2.23. The first-order valence-corrected chi connectivity index (χ1v) is 12.7. The number of amides is 1. The number of carboxylic acids is 1. The van der Waals surface area contributed by atoms with Gasteiger partial charge in [-0.15, -0.1) is 11.3 Å². The second kappa shape index (κ2) is 11.8. The van der Waals surface area contributed by atoms with Crippen molar-refractivity contribution in [3.05, 3.63) is 93.0 Å². The molecule has 180 valence electrons. The van der Waals surface area contributed by atoms with Gasteiger partial charge in [-0.1, -0.05) is 24.0 Å². The molecule has 1 aliphatic heterocycles. The molecule has 1 aliphatic rings. The zero-order valence-corrected chi connectivity index (χ0v) is 20.4. The van der Waals surface area contributed by atoms with Gasteiger partial charge in [0.2, 0.25) is 0 Å². The number of furan rings is 1. The Hall–Kier alpha value is -3.45. The summed E-state index contributed by atoms with van der Waals surface area (Å²) in [5.41, 5.74) is 2.66. The molecule has 2 N–H and O–H groups in total. The topological polar surface area (TPSA) is 94.2 Å². The second-order valence-electron chi connectivity index (χ2n) is 7.89. The number of hydrogen-bond donors (Lipinski definition) is 2. The van der Waals surface area contributed by atoms with E-state index >= 15 is 0 Å². The fraction of sp³-hybridized carbons (Fsp3) is 0.231. The lowest BCUT2D eigenvalue weighted by Crippen LogP contribution is -2.45. The maximum Gasteiger partial charge on any atom is 0.345 e. The SMILES string of the molecule is O=C(O)c1ccc(CCN2C(=O)SC=CN2CC[C@@H](O)Cc2cccc(C#Cc3ccoc3)c2)s1. The summed E-state index contributed by atoms with van der Waals surface area (Å²) in [4.78, 5) is 24.8. The van der Waals surface area contributed by atoms with Crippen LogP contribution < -0.4 is 0 Å². The molecular formula is C26H24N2O5S2. The standard InChI is InChI=1S/C26H24N2O5S2/c29-22(17-21-3-1-2-19(16-21)4-5-20-10-14-33-18-20)8-11-27-13-15-34-26(32)28(27)12-9-23-6-7-24(35-23)25(30)31/h1-3,6-7,10,13-16,18,22,29H,8-9,11-12,17H2,(H,30,31)/t22-/m1/s1. The number of aromatic carboxylic acids is 1. The van der Waals surface area contributed by atoms with Gasteiger partial charge >= 0.3 is 11.2 Å². The molecule has 0 saturated heterocycles. The molecule has 7 nitrogen and oxygen atoms in total. The Morgan fingerprint density at radius 3 is 2.74 bits per heavy atom. The van der Waals surface area contributed by atoms with Crippen molar-refractivity contribution in [2.24, 2.45) is 0 Å². The average Bonchev–Trinajstić information content (AvgIpc) is 3.53. The Morgan fingerprint density at radius 2 is 1.97 bits per heavy atom. The zero-order valence-electron chi connectivity index (χ0n) is 18.8. The van der Waals surface area contributed by atoms with Crippen LogP contribution in [-0.2, 0) is 12.8 Å². The molecule has 0 bridgehead atoms. The first kappa shape index (κ1) is 24.7. The molecule has 3 aromatic rings. The Kier molecular flexibility index (Phi) is 8.32. The van der Waals surface area contributed by atoms with Gasteiger partial charge in [-0.05, 0) is 65.9 Å². The number of nitrogens with zero attached hydrogens (tertiary/aromatic N) is 2. The third-order valence-electron chi connectivity index (χ3n) is 5.33. The number of hydrogen-bond acceptors (Lipinski definition) is 7. The summed E-state index contributed by atoms with van der Waals surface area (Å²) >= 11 is 2.33. The summed E-state index contributed by atoms with van der Waals surface area (Å²) in [6, 6.07) is 13.0. The number of aliphatic hydroxyl groups excluding tert-OH is 1. The van der Waals surface area contributed by atoms with Crippen molar-refractivity contribution >= 4 is 34.3 Å². The maximum atomic E-state index is 12.5. The molecular weight excluding hydrogens is 484 g/mol. The highest BCUT2D eigenvalue weighted by molar-refractivity contribution is 8.16. The van der Waals surface area contributed by atoms with Gasteiger partial charge in [0.25, 0.3) is 0 Å². The van der Waals surface area contributed by atoms with Crippen molar-refractivity contribution < 1.29 is 24.2 Å². The molecule has 4 rings (SSSR count). The summed E-state index contributed by atoms with van der Waals surface area (Å²) < 4.78 is 5.03. The van der Waals surface area contributed by atoms with Crippen molar-refractivity contribution in [3.63, 3.8) is 0 Å². The lowest BCUT2D eigenvalue weighted by molar-refractivity contribution is 0.0548. The van der Waals surface area contributed by atoms with E-state index in [4.69, 9.17) is 9.52 Å². The number of aliphatic hydroxyl groups is 1. The predicted molar refractivity (Wildman–Crippen MR) is 136 cm³/mol. The lowest BCUT2D eigenvalue weighted by Gasteiger charge is -2.36. The van der Waals surface area contributed by atoms with E-state index in [1.807, 2.05) is 35.5 Å². The van der Waals surface area contributed by atoms with E-state index in [-0.39, 0.29) is 10.1 Å².